The average molecular weight is 435 g/mol. The minimum absolute atomic E-state index is 0.0621. The Morgan fingerprint density at radius 2 is 1.87 bits per heavy atom. The van der Waals surface area contributed by atoms with Gasteiger partial charge in [-0.1, -0.05) is 35.9 Å². The van der Waals surface area contributed by atoms with Crippen molar-refractivity contribution in [2.45, 2.75) is 19.5 Å². The molecule has 0 fully saturated rings. The van der Waals surface area contributed by atoms with E-state index in [0.717, 1.165) is 16.6 Å². The largest absolute Gasteiger partial charge is 0.342 e. The molecular formula is C23H19ClN4O3. The van der Waals surface area contributed by atoms with Gasteiger partial charge < -0.3 is 9.88 Å². The van der Waals surface area contributed by atoms with Crippen LogP contribution in [0.1, 0.15) is 34.7 Å². The average Bonchev–Trinajstić information content (AvgIpc) is 3.12. The summed E-state index contributed by atoms with van der Waals surface area (Å²) in [6.07, 6.45) is 0. The molecule has 8 heteroatoms. The van der Waals surface area contributed by atoms with E-state index in [-0.39, 0.29) is 11.6 Å². The van der Waals surface area contributed by atoms with Gasteiger partial charge in [-0.25, -0.2) is 4.98 Å². The van der Waals surface area contributed by atoms with Crippen LogP contribution >= 0.6 is 11.6 Å². The first-order valence-corrected chi connectivity index (χ1v) is 10.0. The zero-order chi connectivity index (χ0) is 22.0. The summed E-state index contributed by atoms with van der Waals surface area (Å²) in [5, 5.41) is 14.4. The third-order valence-corrected chi connectivity index (χ3v) is 5.22. The fourth-order valence-electron chi connectivity index (χ4n) is 3.49. The van der Waals surface area contributed by atoms with Crippen molar-refractivity contribution < 1.29 is 9.72 Å². The number of carbonyl (C=O) groups excluding carboxylic acids is 1. The summed E-state index contributed by atoms with van der Waals surface area (Å²) < 4.78 is 2.06. The molecular weight excluding hydrogens is 416 g/mol. The molecule has 1 atom stereocenters. The number of imidazole rings is 1. The van der Waals surface area contributed by atoms with Crippen LogP contribution < -0.4 is 5.32 Å². The number of aromatic nitrogens is 2. The molecule has 0 radical (unpaired) electrons. The molecule has 0 spiro atoms. The molecule has 0 aliphatic heterocycles. The van der Waals surface area contributed by atoms with E-state index >= 15 is 0 Å². The minimum Gasteiger partial charge on any atom is -0.342 e. The van der Waals surface area contributed by atoms with Crippen molar-refractivity contribution in [1.82, 2.24) is 14.9 Å². The Kier molecular flexibility index (Phi) is 5.68. The third kappa shape index (κ3) is 4.41. The molecule has 0 saturated heterocycles. The summed E-state index contributed by atoms with van der Waals surface area (Å²) in [5.41, 5.74) is 3.08. The Bertz CT molecular complexity index is 1270. The number of hydrogen-bond donors (Lipinski definition) is 1. The third-order valence-electron chi connectivity index (χ3n) is 4.99. The number of nitrogens with zero attached hydrogens (tertiary/aromatic N) is 3. The number of nitro groups is 1. The number of nitrogens with one attached hydrogen (secondary N) is 1. The zero-order valence-electron chi connectivity index (χ0n) is 16.7. The molecule has 3 aromatic carbocycles. The number of para-hydroxylation sites is 2. The molecule has 0 aliphatic rings. The Morgan fingerprint density at radius 1 is 1.13 bits per heavy atom. The first kappa shape index (κ1) is 20.6. The molecule has 1 heterocycles. The van der Waals surface area contributed by atoms with E-state index in [4.69, 9.17) is 16.6 Å². The van der Waals surface area contributed by atoms with E-state index in [1.54, 1.807) is 0 Å². The van der Waals surface area contributed by atoms with Gasteiger partial charge in [-0.3, -0.25) is 14.9 Å². The predicted molar refractivity (Wildman–Crippen MR) is 119 cm³/mol. The molecule has 4 rings (SSSR count). The van der Waals surface area contributed by atoms with Crippen LogP contribution in [-0.4, -0.2) is 20.4 Å². The number of rotatable bonds is 6. The molecule has 1 unspecified atom stereocenters. The van der Waals surface area contributed by atoms with Crippen molar-refractivity contribution in [2.24, 2.45) is 0 Å². The molecule has 1 N–H and O–H groups in total. The summed E-state index contributed by atoms with van der Waals surface area (Å²) in [7, 11) is 0. The number of halogens is 1. The number of fused-ring (bicyclic) bond motifs is 1. The fourth-order valence-corrected chi connectivity index (χ4v) is 3.70. The second-order valence-electron chi connectivity index (χ2n) is 7.17. The number of non-ortho nitro benzene ring substituents is 1. The van der Waals surface area contributed by atoms with Gasteiger partial charge in [0.25, 0.3) is 11.6 Å². The molecule has 31 heavy (non-hydrogen) atoms. The topological polar surface area (TPSA) is 90.1 Å². The summed E-state index contributed by atoms with van der Waals surface area (Å²) in [4.78, 5) is 27.8. The van der Waals surface area contributed by atoms with Crippen molar-refractivity contribution in [3.8, 4) is 0 Å². The lowest BCUT2D eigenvalue weighted by molar-refractivity contribution is -0.384. The van der Waals surface area contributed by atoms with Gasteiger partial charge >= 0.3 is 0 Å². The summed E-state index contributed by atoms with van der Waals surface area (Å²) in [6, 6.07) is 20.5. The Labute approximate surface area is 183 Å². The Morgan fingerprint density at radius 3 is 2.58 bits per heavy atom. The zero-order valence-corrected chi connectivity index (χ0v) is 17.4. The fraction of sp³-hybridized carbons (Fsp3) is 0.130. The van der Waals surface area contributed by atoms with Crippen LogP contribution in [0.3, 0.4) is 0 Å². The van der Waals surface area contributed by atoms with Crippen molar-refractivity contribution in [3.63, 3.8) is 0 Å². The molecule has 1 aromatic heterocycles. The van der Waals surface area contributed by atoms with E-state index in [1.165, 1.54) is 24.3 Å². The molecule has 1 amide bonds. The summed E-state index contributed by atoms with van der Waals surface area (Å²) >= 11 is 6.15. The number of carbonyl (C=O) groups is 1. The number of hydrogen-bond acceptors (Lipinski definition) is 4. The van der Waals surface area contributed by atoms with Crippen molar-refractivity contribution in [1.29, 1.82) is 0 Å². The molecule has 0 bridgehead atoms. The quantitative estimate of drug-likeness (QED) is 0.336. The lowest BCUT2D eigenvalue weighted by atomic mass is 10.1. The lowest BCUT2D eigenvalue weighted by Gasteiger charge is -2.17. The highest BCUT2D eigenvalue weighted by atomic mass is 35.5. The monoisotopic (exact) mass is 434 g/mol. The normalized spacial score (nSPS) is 11.9. The van der Waals surface area contributed by atoms with E-state index in [9.17, 15) is 14.9 Å². The highest BCUT2D eigenvalue weighted by Gasteiger charge is 2.20. The Hall–Kier alpha value is -3.71. The van der Waals surface area contributed by atoms with Crippen LogP contribution in [0.5, 0.6) is 0 Å². The summed E-state index contributed by atoms with van der Waals surface area (Å²) in [5.74, 6) is 0.375. The van der Waals surface area contributed by atoms with E-state index in [1.807, 2.05) is 55.5 Å². The van der Waals surface area contributed by atoms with Gasteiger partial charge in [-0.05, 0) is 48.9 Å². The highest BCUT2D eigenvalue weighted by Crippen LogP contribution is 2.23. The smallest absolute Gasteiger partial charge is 0.269 e. The standard InChI is InChI=1S/C23H19ClN4O3/c1-15(25-23(29)17-9-11-19(12-10-17)28(30)31)22-26-20-7-2-3-8-21(20)27(22)14-16-5-4-6-18(24)13-16/h2-13,15H,14H2,1H3,(H,25,29). The Balaban J connectivity index is 1.63. The molecule has 7 nitrogen and oxygen atoms in total. The van der Waals surface area contributed by atoms with Crippen molar-refractivity contribution in [2.75, 3.05) is 0 Å². The molecule has 156 valence electrons. The first-order chi connectivity index (χ1) is 14.9. The second-order valence-corrected chi connectivity index (χ2v) is 7.61. The number of nitro benzene ring substituents is 1. The van der Waals surface area contributed by atoms with Crippen LogP contribution in [0.15, 0.2) is 72.8 Å². The maximum atomic E-state index is 12.7. The lowest BCUT2D eigenvalue weighted by Crippen LogP contribution is -2.28. The van der Waals surface area contributed by atoms with Crippen LogP contribution in [0, 0.1) is 10.1 Å². The number of benzene rings is 3. The molecule has 0 aliphatic carbocycles. The highest BCUT2D eigenvalue weighted by molar-refractivity contribution is 6.30. The van der Waals surface area contributed by atoms with Gasteiger partial charge in [0.15, 0.2) is 0 Å². The predicted octanol–water partition coefficient (Wildman–Crippen LogP) is 5.14. The van der Waals surface area contributed by atoms with E-state index < -0.39 is 11.0 Å². The maximum absolute atomic E-state index is 12.7. The van der Waals surface area contributed by atoms with E-state index in [0.29, 0.717) is 23.0 Å². The van der Waals surface area contributed by atoms with Crippen LogP contribution in [0.2, 0.25) is 5.02 Å². The second kappa shape index (κ2) is 8.57. The number of amides is 1. The van der Waals surface area contributed by atoms with Gasteiger partial charge in [0, 0.05) is 29.3 Å². The van der Waals surface area contributed by atoms with Crippen LogP contribution in [0.4, 0.5) is 5.69 Å². The van der Waals surface area contributed by atoms with Crippen molar-refractivity contribution >= 4 is 34.2 Å². The van der Waals surface area contributed by atoms with Crippen molar-refractivity contribution in [3.05, 3.63) is 105 Å². The van der Waals surface area contributed by atoms with Crippen LogP contribution in [-0.2, 0) is 6.54 Å². The molecule has 0 saturated carbocycles. The molecule has 4 aromatic rings. The van der Waals surface area contributed by atoms with Gasteiger partial charge in [-0.15, -0.1) is 0 Å². The maximum Gasteiger partial charge on any atom is 0.269 e. The van der Waals surface area contributed by atoms with Crippen LogP contribution in [0.25, 0.3) is 11.0 Å². The van der Waals surface area contributed by atoms with Gasteiger partial charge in [0.2, 0.25) is 0 Å². The van der Waals surface area contributed by atoms with E-state index in [2.05, 4.69) is 9.88 Å². The summed E-state index contributed by atoms with van der Waals surface area (Å²) in [6.45, 7) is 2.41. The first-order valence-electron chi connectivity index (χ1n) is 9.67. The minimum atomic E-state index is -0.498. The SMILES string of the molecule is CC(NC(=O)c1ccc([N+](=O)[O-])cc1)c1nc2ccccc2n1Cc1cccc(Cl)c1. The van der Waals surface area contributed by atoms with Gasteiger partial charge in [-0.2, -0.15) is 0 Å². The van der Waals surface area contributed by atoms with Gasteiger partial charge in [0.1, 0.15) is 5.82 Å². The van der Waals surface area contributed by atoms with Gasteiger partial charge in [0.05, 0.1) is 22.0 Å².